The Kier molecular flexibility index (Phi) is 9.53. The summed E-state index contributed by atoms with van der Waals surface area (Å²) in [6.45, 7) is -0.722. The van der Waals surface area contributed by atoms with E-state index in [-0.39, 0.29) is 52.6 Å². The third kappa shape index (κ3) is 7.10. The zero-order chi connectivity index (χ0) is 41.7. The summed E-state index contributed by atoms with van der Waals surface area (Å²) in [5.41, 5.74) is 1.62. The minimum Gasteiger partial charge on any atom is -0.344 e. The van der Waals surface area contributed by atoms with Gasteiger partial charge in [-0.15, -0.1) is 0 Å². The van der Waals surface area contributed by atoms with Gasteiger partial charge in [-0.25, -0.2) is 31.0 Å². The lowest BCUT2D eigenvalue weighted by atomic mass is 9.94. The van der Waals surface area contributed by atoms with E-state index in [9.17, 15) is 30.8 Å². The summed E-state index contributed by atoms with van der Waals surface area (Å²) in [5.74, 6) is -7.61. The van der Waals surface area contributed by atoms with E-state index >= 15 is 8.78 Å². The highest BCUT2D eigenvalue weighted by Gasteiger charge is 2.67. The summed E-state index contributed by atoms with van der Waals surface area (Å²) in [4.78, 5) is 21.0. The van der Waals surface area contributed by atoms with Crippen molar-refractivity contribution in [3.8, 4) is 0 Å². The van der Waals surface area contributed by atoms with E-state index in [4.69, 9.17) is 16.6 Å². The number of aryl methyl sites for hydroxylation is 1. The molecule has 59 heavy (non-hydrogen) atoms. The first-order chi connectivity index (χ1) is 28.0. The Labute approximate surface area is 339 Å². The third-order valence-electron chi connectivity index (χ3n) is 11.7. The van der Waals surface area contributed by atoms with Crippen molar-refractivity contribution in [3.63, 3.8) is 0 Å². The second-order valence-electron chi connectivity index (χ2n) is 15.8. The van der Waals surface area contributed by atoms with E-state index in [0.29, 0.717) is 33.6 Å². The van der Waals surface area contributed by atoms with Gasteiger partial charge in [0.1, 0.15) is 35.4 Å². The van der Waals surface area contributed by atoms with Crippen LogP contribution in [0.4, 0.5) is 43.5 Å². The summed E-state index contributed by atoms with van der Waals surface area (Å²) >= 11 is 6.68. The standard InChI is InChI=1S/C40H37ClF6N8O3S/c1-53-35-30(10-9-27(41)33(35)38(51-53)52-59(2,57)58)54-17-22-8-7-21(20-5-3-4-6-20)14-28(22)49-39(54)29(13-19-11-23(42)15-24(43)12-19)48-31(56)18-55-36-32(34(50-55)37(44)45)25-16-26(25)40(36,46)47/h7-12,14-15,20,25-26,29,37H,3-6,13,16-18H2,1-2H3,(H,48,56)(H,51,52)/t25-,26+,29-/m0/s1. The molecule has 11 nitrogen and oxygen atoms in total. The van der Waals surface area contributed by atoms with Crippen molar-refractivity contribution in [1.82, 2.24) is 24.9 Å². The first kappa shape index (κ1) is 39.4. The van der Waals surface area contributed by atoms with Crippen molar-refractivity contribution in [3.05, 3.63) is 98.8 Å². The molecule has 2 N–H and O–H groups in total. The highest BCUT2D eigenvalue weighted by Crippen LogP contribution is 2.68. The summed E-state index contributed by atoms with van der Waals surface area (Å²) in [5, 5.41) is 11.5. The molecule has 1 amide bonds. The number of alkyl halides is 4. The molecule has 3 aliphatic carbocycles. The molecule has 0 spiro atoms. The predicted octanol–water partition coefficient (Wildman–Crippen LogP) is 8.35. The van der Waals surface area contributed by atoms with Gasteiger partial charge < -0.3 is 10.2 Å². The smallest absolute Gasteiger partial charge is 0.293 e. The minimum atomic E-state index is -3.81. The van der Waals surface area contributed by atoms with Crippen molar-refractivity contribution in [1.29, 1.82) is 0 Å². The second kappa shape index (κ2) is 14.3. The summed E-state index contributed by atoms with van der Waals surface area (Å²) in [6.07, 6.45) is 1.79. The van der Waals surface area contributed by atoms with Gasteiger partial charge in [-0.2, -0.15) is 19.0 Å². The minimum absolute atomic E-state index is 0.0431. The molecule has 0 unspecified atom stereocenters. The van der Waals surface area contributed by atoms with Crippen LogP contribution in [0.3, 0.4) is 0 Å². The molecule has 2 aromatic heterocycles. The average Bonchev–Trinajstić information content (AvgIpc) is 3.40. The Hall–Kier alpha value is -5.10. The monoisotopic (exact) mass is 858 g/mol. The fourth-order valence-electron chi connectivity index (χ4n) is 9.19. The number of anilines is 2. The number of amides is 1. The maximum absolute atomic E-state index is 15.5. The van der Waals surface area contributed by atoms with Crippen molar-refractivity contribution in [2.24, 2.45) is 18.0 Å². The van der Waals surface area contributed by atoms with E-state index < -0.39 is 75.7 Å². The normalized spacial score (nSPS) is 20.1. The summed E-state index contributed by atoms with van der Waals surface area (Å²) in [7, 11) is -2.22. The lowest BCUT2D eigenvalue weighted by Gasteiger charge is -2.36. The molecule has 19 heteroatoms. The number of fused-ring (bicyclic) bond motifs is 5. The third-order valence-corrected chi connectivity index (χ3v) is 12.6. The Bertz CT molecular complexity index is 2680. The van der Waals surface area contributed by atoms with Gasteiger partial charge in [0.2, 0.25) is 15.9 Å². The largest absolute Gasteiger partial charge is 0.344 e. The van der Waals surface area contributed by atoms with E-state index in [2.05, 4.69) is 20.2 Å². The predicted molar refractivity (Wildman–Crippen MR) is 209 cm³/mol. The van der Waals surface area contributed by atoms with Crippen molar-refractivity contribution in [2.45, 2.75) is 81.8 Å². The molecule has 3 aromatic carbocycles. The van der Waals surface area contributed by atoms with Crippen molar-refractivity contribution >= 4 is 61.5 Å². The molecule has 1 aliphatic heterocycles. The van der Waals surface area contributed by atoms with E-state index in [1.165, 1.54) is 4.68 Å². The maximum Gasteiger partial charge on any atom is 0.293 e. The Balaban J connectivity index is 1.18. The van der Waals surface area contributed by atoms with Crippen LogP contribution in [0.5, 0.6) is 0 Å². The number of hydrogen-bond acceptors (Lipinski definition) is 7. The number of sulfonamides is 1. The van der Waals surface area contributed by atoms with Crippen LogP contribution in [0.25, 0.3) is 10.9 Å². The Morgan fingerprint density at radius 3 is 2.46 bits per heavy atom. The number of nitrogens with one attached hydrogen (secondary N) is 2. The van der Waals surface area contributed by atoms with Crippen LogP contribution in [0, 0.1) is 17.6 Å². The molecule has 9 rings (SSSR count). The lowest BCUT2D eigenvalue weighted by Crippen LogP contribution is -2.51. The van der Waals surface area contributed by atoms with Crippen LogP contribution in [0.15, 0.2) is 53.5 Å². The van der Waals surface area contributed by atoms with E-state index in [1.807, 2.05) is 18.2 Å². The number of nitrogens with zero attached hydrogens (tertiary/aromatic N) is 6. The van der Waals surface area contributed by atoms with Gasteiger partial charge in [0.15, 0.2) is 5.82 Å². The number of hydrogen-bond donors (Lipinski definition) is 2. The van der Waals surface area contributed by atoms with Gasteiger partial charge in [-0.3, -0.25) is 18.9 Å². The lowest BCUT2D eigenvalue weighted by molar-refractivity contribution is -0.122. The Morgan fingerprint density at radius 2 is 1.76 bits per heavy atom. The zero-order valence-corrected chi connectivity index (χ0v) is 33.2. The van der Waals surface area contributed by atoms with Crippen LogP contribution in [0.2, 0.25) is 5.02 Å². The molecule has 4 aliphatic rings. The zero-order valence-electron chi connectivity index (χ0n) is 31.6. The number of benzene rings is 3. The van der Waals surface area contributed by atoms with Crippen LogP contribution in [-0.4, -0.2) is 52.0 Å². The second-order valence-corrected chi connectivity index (χ2v) is 18.0. The number of rotatable bonds is 11. The number of halogens is 7. The molecule has 3 atom stereocenters. The van der Waals surface area contributed by atoms with Crippen LogP contribution < -0.4 is 14.9 Å². The molecule has 0 bridgehead atoms. The van der Waals surface area contributed by atoms with Crippen molar-refractivity contribution in [2.75, 3.05) is 15.9 Å². The molecule has 310 valence electrons. The highest BCUT2D eigenvalue weighted by molar-refractivity contribution is 7.92. The van der Waals surface area contributed by atoms with Gasteiger partial charge >= 0.3 is 0 Å². The van der Waals surface area contributed by atoms with E-state index in [0.717, 1.165) is 55.2 Å². The first-order valence-corrected chi connectivity index (χ1v) is 21.4. The van der Waals surface area contributed by atoms with Crippen molar-refractivity contribution < 1.29 is 39.6 Å². The van der Waals surface area contributed by atoms with Crippen LogP contribution in [0.1, 0.15) is 84.0 Å². The number of carbonyl (C=O) groups excluding carboxylic acids is 1. The van der Waals surface area contributed by atoms with Gasteiger partial charge in [-0.05, 0) is 78.1 Å². The van der Waals surface area contributed by atoms with Gasteiger partial charge in [0.05, 0.1) is 46.1 Å². The molecule has 5 aromatic rings. The fourth-order valence-corrected chi connectivity index (χ4v) is 9.93. The molecule has 2 fully saturated rings. The van der Waals surface area contributed by atoms with Gasteiger partial charge in [0, 0.05) is 31.0 Å². The summed E-state index contributed by atoms with van der Waals surface area (Å²) < 4.78 is 118. The number of carbonyl (C=O) groups is 1. The molecule has 2 saturated carbocycles. The van der Waals surface area contributed by atoms with Gasteiger partial charge in [-0.1, -0.05) is 36.6 Å². The highest BCUT2D eigenvalue weighted by atomic mass is 35.5. The first-order valence-electron chi connectivity index (χ1n) is 19.1. The maximum atomic E-state index is 15.5. The molecular formula is C40H37ClF6N8O3S. The van der Waals surface area contributed by atoms with Crippen LogP contribution in [-0.2, 0) is 47.3 Å². The fraction of sp³-hybridized carbons (Fsp3) is 0.400. The quantitative estimate of drug-likeness (QED) is 0.129. The molecule has 3 heterocycles. The van der Waals surface area contributed by atoms with Gasteiger partial charge in [0.25, 0.3) is 12.3 Å². The van der Waals surface area contributed by atoms with E-state index in [1.54, 1.807) is 24.1 Å². The average molecular weight is 859 g/mol. The Morgan fingerprint density at radius 1 is 1.03 bits per heavy atom. The molecule has 0 radical (unpaired) electrons. The number of aromatic nitrogens is 4. The SMILES string of the molecule is Cn1nc(NS(C)(=O)=O)c2c(Cl)ccc(N3Cc4ccc(C5CCCC5)cc4N=C3[C@H](Cc3cc(F)cc(F)c3)NC(=O)Cn3nc(C(F)F)c4c3C(F)(F)[C@@H]3C[C@H]43)c21. The molecular weight excluding hydrogens is 822 g/mol. The number of amidine groups is 1. The topological polar surface area (TPSA) is 127 Å². The number of aliphatic imine (C=N–C) groups is 1. The summed E-state index contributed by atoms with van der Waals surface area (Å²) in [6, 6.07) is 10.9. The molecule has 0 saturated heterocycles. The van der Waals surface area contributed by atoms with Crippen LogP contribution >= 0.6 is 11.6 Å².